The summed E-state index contributed by atoms with van der Waals surface area (Å²) in [7, 11) is 0. The van der Waals surface area contributed by atoms with E-state index in [4.69, 9.17) is 0 Å². The van der Waals surface area contributed by atoms with E-state index in [1.807, 2.05) is 61.2 Å². The maximum absolute atomic E-state index is 12.7. The summed E-state index contributed by atoms with van der Waals surface area (Å²) in [6.07, 6.45) is 8.84. The van der Waals surface area contributed by atoms with Crippen molar-refractivity contribution in [3.8, 4) is 0 Å². The summed E-state index contributed by atoms with van der Waals surface area (Å²) in [5, 5.41) is 3.28. The van der Waals surface area contributed by atoms with E-state index in [0.29, 0.717) is 12.4 Å². The highest BCUT2D eigenvalue weighted by molar-refractivity contribution is 5.91. The highest BCUT2D eigenvalue weighted by Gasteiger charge is 2.25. The molecule has 0 bridgehead atoms. The third-order valence-electron chi connectivity index (χ3n) is 5.26. The number of rotatable bonds is 5. The van der Waals surface area contributed by atoms with Crippen molar-refractivity contribution in [3.05, 3.63) is 77.6 Å². The van der Waals surface area contributed by atoms with Crippen LogP contribution in [0.1, 0.15) is 41.5 Å². The Hall–Kier alpha value is -3.61. The third kappa shape index (κ3) is 5.51. The van der Waals surface area contributed by atoms with E-state index in [9.17, 15) is 4.79 Å². The van der Waals surface area contributed by atoms with Crippen molar-refractivity contribution in [2.75, 3.05) is 18.4 Å². The van der Waals surface area contributed by atoms with Crippen molar-refractivity contribution in [1.29, 1.82) is 0 Å². The van der Waals surface area contributed by atoms with Gasteiger partial charge in [-0.25, -0.2) is 15.0 Å². The summed E-state index contributed by atoms with van der Waals surface area (Å²) < 4.78 is 0. The topological polar surface area (TPSA) is 83.9 Å². The van der Waals surface area contributed by atoms with Crippen molar-refractivity contribution < 1.29 is 4.79 Å². The molecule has 4 heterocycles. The van der Waals surface area contributed by atoms with Gasteiger partial charge in [-0.15, -0.1) is 0 Å². The molecule has 1 fully saturated rings. The van der Waals surface area contributed by atoms with Gasteiger partial charge in [-0.2, -0.15) is 0 Å². The Labute approximate surface area is 182 Å². The van der Waals surface area contributed by atoms with Gasteiger partial charge in [0, 0.05) is 49.2 Å². The van der Waals surface area contributed by atoms with E-state index in [2.05, 4.69) is 25.3 Å². The molecule has 0 spiro atoms. The zero-order valence-electron chi connectivity index (χ0n) is 17.8. The molecule has 0 aromatic carbocycles. The second-order valence-corrected chi connectivity index (χ2v) is 7.76. The summed E-state index contributed by atoms with van der Waals surface area (Å²) in [4.78, 5) is 32.4. The van der Waals surface area contributed by atoms with Crippen LogP contribution < -0.4 is 5.32 Å². The first-order chi connectivity index (χ1) is 15.1. The number of carbonyl (C=O) groups excluding carboxylic acids is 1. The van der Waals surface area contributed by atoms with Crippen LogP contribution >= 0.6 is 0 Å². The van der Waals surface area contributed by atoms with E-state index >= 15 is 0 Å². The lowest BCUT2D eigenvalue weighted by atomic mass is 9.94. The molecule has 7 nitrogen and oxygen atoms in total. The van der Waals surface area contributed by atoms with E-state index in [0.717, 1.165) is 48.0 Å². The average Bonchev–Trinajstić information content (AvgIpc) is 2.78. The Kier molecular flexibility index (Phi) is 6.31. The number of amides is 1. The third-order valence-corrected chi connectivity index (χ3v) is 5.26. The Balaban J connectivity index is 1.47. The molecule has 1 saturated heterocycles. The van der Waals surface area contributed by atoms with Crippen molar-refractivity contribution in [3.63, 3.8) is 0 Å². The average molecular weight is 415 g/mol. The highest BCUT2D eigenvalue weighted by atomic mass is 16.2. The molecule has 158 valence electrons. The Morgan fingerprint density at radius 3 is 2.84 bits per heavy atom. The summed E-state index contributed by atoms with van der Waals surface area (Å²) in [5.74, 6) is 2.37. The largest absolute Gasteiger partial charge is 0.338 e. The summed E-state index contributed by atoms with van der Waals surface area (Å²) in [5.41, 5.74) is 2.81. The molecule has 1 amide bonds. The van der Waals surface area contributed by atoms with Crippen LogP contribution in [0.3, 0.4) is 0 Å². The SMILES string of the molecule is Cc1cccc(Nc2cc([C@H]3CCCN(C(=O)/C=C/c4cccnc4)C3)nc(C)n2)n1. The van der Waals surface area contributed by atoms with Gasteiger partial charge in [0.25, 0.3) is 0 Å². The fourth-order valence-corrected chi connectivity index (χ4v) is 3.77. The Morgan fingerprint density at radius 2 is 2.03 bits per heavy atom. The minimum Gasteiger partial charge on any atom is -0.338 e. The quantitative estimate of drug-likeness (QED) is 0.634. The van der Waals surface area contributed by atoms with E-state index in [1.165, 1.54) is 0 Å². The van der Waals surface area contributed by atoms with Crippen LogP contribution in [0.4, 0.5) is 11.6 Å². The van der Waals surface area contributed by atoms with Gasteiger partial charge in [0.05, 0.1) is 5.69 Å². The fourth-order valence-electron chi connectivity index (χ4n) is 3.77. The van der Waals surface area contributed by atoms with Crippen LogP contribution in [-0.2, 0) is 4.79 Å². The van der Waals surface area contributed by atoms with Crippen molar-refractivity contribution in [1.82, 2.24) is 24.8 Å². The van der Waals surface area contributed by atoms with Crippen LogP contribution in [0.5, 0.6) is 0 Å². The predicted octanol–water partition coefficient (Wildman–Crippen LogP) is 4.05. The van der Waals surface area contributed by atoms with Crippen LogP contribution in [-0.4, -0.2) is 43.8 Å². The summed E-state index contributed by atoms with van der Waals surface area (Å²) in [6, 6.07) is 11.6. The monoisotopic (exact) mass is 414 g/mol. The molecule has 1 atom stereocenters. The maximum Gasteiger partial charge on any atom is 0.246 e. The second kappa shape index (κ2) is 9.47. The normalized spacial score (nSPS) is 16.5. The molecule has 1 N–H and O–H groups in total. The lowest BCUT2D eigenvalue weighted by molar-refractivity contribution is -0.127. The molecule has 0 saturated carbocycles. The minimum absolute atomic E-state index is 0.0154. The number of nitrogens with zero attached hydrogens (tertiary/aromatic N) is 5. The zero-order chi connectivity index (χ0) is 21.6. The van der Waals surface area contributed by atoms with Crippen LogP contribution in [0.15, 0.2) is 54.9 Å². The molecule has 3 aromatic heterocycles. The number of anilines is 2. The molecule has 1 aliphatic rings. The maximum atomic E-state index is 12.7. The number of piperidine rings is 1. The molecule has 3 aromatic rings. The molecule has 0 radical (unpaired) electrons. The minimum atomic E-state index is 0.0154. The number of hydrogen-bond acceptors (Lipinski definition) is 6. The van der Waals surface area contributed by atoms with Gasteiger partial charge in [0.15, 0.2) is 0 Å². The van der Waals surface area contributed by atoms with Gasteiger partial charge < -0.3 is 10.2 Å². The summed E-state index contributed by atoms with van der Waals surface area (Å²) >= 11 is 0. The first kappa shape index (κ1) is 20.7. The van der Waals surface area contributed by atoms with E-state index in [-0.39, 0.29) is 11.8 Å². The van der Waals surface area contributed by atoms with Gasteiger partial charge >= 0.3 is 0 Å². The number of carbonyl (C=O) groups is 1. The molecule has 7 heteroatoms. The van der Waals surface area contributed by atoms with Crippen molar-refractivity contribution >= 4 is 23.6 Å². The Morgan fingerprint density at radius 1 is 1.13 bits per heavy atom. The van der Waals surface area contributed by atoms with E-state index in [1.54, 1.807) is 18.5 Å². The summed E-state index contributed by atoms with van der Waals surface area (Å²) in [6.45, 7) is 5.25. The fraction of sp³-hybridized carbons (Fsp3) is 0.292. The van der Waals surface area contributed by atoms with Crippen LogP contribution in [0.25, 0.3) is 6.08 Å². The number of aryl methyl sites for hydroxylation is 2. The molecule has 0 aliphatic carbocycles. The zero-order valence-corrected chi connectivity index (χ0v) is 17.8. The van der Waals surface area contributed by atoms with Gasteiger partial charge in [0.1, 0.15) is 17.5 Å². The number of hydrogen-bond donors (Lipinski definition) is 1. The van der Waals surface area contributed by atoms with Crippen molar-refractivity contribution in [2.45, 2.75) is 32.6 Å². The number of pyridine rings is 2. The smallest absolute Gasteiger partial charge is 0.246 e. The first-order valence-electron chi connectivity index (χ1n) is 10.5. The molecule has 4 rings (SSSR count). The predicted molar refractivity (Wildman–Crippen MR) is 121 cm³/mol. The molecule has 0 unspecified atom stereocenters. The lowest BCUT2D eigenvalue weighted by Gasteiger charge is -2.32. The van der Waals surface area contributed by atoms with Crippen LogP contribution in [0, 0.1) is 13.8 Å². The van der Waals surface area contributed by atoms with Gasteiger partial charge in [-0.1, -0.05) is 12.1 Å². The highest BCUT2D eigenvalue weighted by Crippen LogP contribution is 2.28. The van der Waals surface area contributed by atoms with E-state index < -0.39 is 0 Å². The number of aromatic nitrogens is 4. The Bertz CT molecular complexity index is 1080. The van der Waals surface area contributed by atoms with Crippen molar-refractivity contribution in [2.24, 2.45) is 0 Å². The first-order valence-corrected chi connectivity index (χ1v) is 10.5. The standard InChI is InChI=1S/C24H26N6O/c1-17-6-3-9-22(26-17)29-23-14-21(27-18(2)28-23)20-8-5-13-30(16-20)24(31)11-10-19-7-4-12-25-15-19/h3-4,6-7,9-12,14-15,20H,5,8,13,16H2,1-2H3,(H,26,27,28,29)/b11-10+/t20-/m0/s1. The molecule has 31 heavy (non-hydrogen) atoms. The lowest BCUT2D eigenvalue weighted by Crippen LogP contribution is -2.38. The number of likely N-dealkylation sites (tertiary alicyclic amines) is 1. The molecule has 1 aliphatic heterocycles. The van der Waals surface area contributed by atoms with Gasteiger partial charge in [0.2, 0.25) is 5.91 Å². The molecular formula is C24H26N6O. The van der Waals surface area contributed by atoms with Crippen LogP contribution in [0.2, 0.25) is 0 Å². The second-order valence-electron chi connectivity index (χ2n) is 7.76. The van der Waals surface area contributed by atoms with Gasteiger partial charge in [-0.3, -0.25) is 9.78 Å². The molecular weight excluding hydrogens is 388 g/mol. The number of nitrogens with one attached hydrogen (secondary N) is 1. The van der Waals surface area contributed by atoms with Gasteiger partial charge in [-0.05, 0) is 56.5 Å².